The summed E-state index contributed by atoms with van der Waals surface area (Å²) in [5.41, 5.74) is -0.0605. The van der Waals surface area contributed by atoms with Gasteiger partial charge in [0.25, 0.3) is 0 Å². The number of ether oxygens (including phenoxy) is 1. The molecule has 0 spiro atoms. The van der Waals surface area contributed by atoms with Crippen LogP contribution in [-0.4, -0.2) is 13.2 Å². The number of nitrogens with one attached hydrogen (secondary N) is 1. The van der Waals surface area contributed by atoms with Gasteiger partial charge >= 0.3 is 6.18 Å². The van der Waals surface area contributed by atoms with Gasteiger partial charge in [-0.25, -0.2) is 0 Å². The van der Waals surface area contributed by atoms with Crippen molar-refractivity contribution in [2.45, 2.75) is 6.18 Å². The third-order valence-corrected chi connectivity index (χ3v) is 3.07. The fourth-order valence-electron chi connectivity index (χ4n) is 1.78. The quantitative estimate of drug-likeness (QED) is 0.796. The van der Waals surface area contributed by atoms with Crippen molar-refractivity contribution < 1.29 is 17.9 Å². The van der Waals surface area contributed by atoms with Crippen molar-refractivity contribution in [3.63, 3.8) is 0 Å². The smallest absolute Gasteiger partial charge is 0.419 e. The Morgan fingerprint density at radius 3 is 2.38 bits per heavy atom. The largest absolute Gasteiger partial charge is 0.491 e. The molecule has 21 heavy (non-hydrogen) atoms. The van der Waals surface area contributed by atoms with E-state index in [0.717, 1.165) is 6.07 Å². The van der Waals surface area contributed by atoms with Gasteiger partial charge in [0.2, 0.25) is 0 Å². The van der Waals surface area contributed by atoms with Crippen molar-refractivity contribution in [3.8, 4) is 5.75 Å². The molecule has 2 aromatic carbocycles. The Bertz CT molecular complexity index is 601. The summed E-state index contributed by atoms with van der Waals surface area (Å²) >= 11 is 5.95. The van der Waals surface area contributed by atoms with Crippen LogP contribution in [0, 0.1) is 0 Å². The summed E-state index contributed by atoms with van der Waals surface area (Å²) in [6.45, 7) is 0.439. The molecule has 2 nitrogen and oxygen atoms in total. The standard InChI is InChI=1S/C15H13ClF3NO/c16-12-6-2-3-7-13(12)20-9-10-21-14-8-4-1-5-11(14)15(17,18)19/h1-8,20H,9-10H2. The summed E-state index contributed by atoms with van der Waals surface area (Å²) in [6.07, 6.45) is -4.42. The van der Waals surface area contributed by atoms with Crippen LogP contribution in [0.4, 0.5) is 18.9 Å². The Hall–Kier alpha value is -1.88. The highest BCUT2D eigenvalue weighted by Crippen LogP contribution is 2.35. The van der Waals surface area contributed by atoms with Crippen LogP contribution in [0.3, 0.4) is 0 Å². The third-order valence-electron chi connectivity index (χ3n) is 2.74. The second kappa shape index (κ2) is 6.72. The highest BCUT2D eigenvalue weighted by molar-refractivity contribution is 6.33. The summed E-state index contributed by atoms with van der Waals surface area (Å²) in [4.78, 5) is 0. The first-order valence-electron chi connectivity index (χ1n) is 6.26. The fourth-order valence-corrected chi connectivity index (χ4v) is 1.98. The molecule has 0 amide bonds. The van der Waals surface area contributed by atoms with Crippen LogP contribution in [0.1, 0.15) is 5.56 Å². The molecule has 0 saturated heterocycles. The van der Waals surface area contributed by atoms with Crippen LogP contribution in [0.2, 0.25) is 5.02 Å². The second-order valence-corrected chi connectivity index (χ2v) is 4.66. The number of rotatable bonds is 5. The maximum Gasteiger partial charge on any atom is 0.419 e. The van der Waals surface area contributed by atoms with Crippen LogP contribution in [0.25, 0.3) is 0 Å². The molecule has 0 aliphatic rings. The topological polar surface area (TPSA) is 21.3 Å². The van der Waals surface area contributed by atoms with Crippen molar-refractivity contribution in [3.05, 3.63) is 59.1 Å². The first-order chi connectivity index (χ1) is 9.98. The van der Waals surface area contributed by atoms with E-state index in [1.807, 2.05) is 6.07 Å². The van der Waals surface area contributed by atoms with E-state index in [2.05, 4.69) is 5.32 Å². The van der Waals surface area contributed by atoms with E-state index in [4.69, 9.17) is 16.3 Å². The Labute approximate surface area is 125 Å². The van der Waals surface area contributed by atoms with Gasteiger partial charge in [0.1, 0.15) is 12.4 Å². The van der Waals surface area contributed by atoms with Crippen molar-refractivity contribution in [2.24, 2.45) is 0 Å². The van der Waals surface area contributed by atoms with E-state index < -0.39 is 11.7 Å². The lowest BCUT2D eigenvalue weighted by molar-refractivity contribution is -0.138. The summed E-state index contributed by atoms with van der Waals surface area (Å²) in [6, 6.07) is 12.3. The van der Waals surface area contributed by atoms with E-state index in [1.54, 1.807) is 18.2 Å². The minimum absolute atomic E-state index is 0.0956. The van der Waals surface area contributed by atoms with E-state index in [1.165, 1.54) is 18.2 Å². The molecule has 0 atom stereocenters. The van der Waals surface area contributed by atoms with Gasteiger partial charge in [-0.3, -0.25) is 0 Å². The van der Waals surface area contributed by atoms with Crippen molar-refractivity contribution in [1.82, 2.24) is 0 Å². The zero-order chi connectivity index (χ0) is 15.3. The van der Waals surface area contributed by atoms with Crippen LogP contribution >= 0.6 is 11.6 Å². The van der Waals surface area contributed by atoms with Gasteiger partial charge in [0.15, 0.2) is 0 Å². The lowest BCUT2D eigenvalue weighted by Gasteiger charge is -2.14. The Morgan fingerprint density at radius 1 is 1.00 bits per heavy atom. The van der Waals surface area contributed by atoms with E-state index >= 15 is 0 Å². The average molecular weight is 316 g/mol. The minimum atomic E-state index is -4.42. The molecule has 6 heteroatoms. The molecule has 0 unspecified atom stereocenters. The second-order valence-electron chi connectivity index (χ2n) is 4.25. The van der Waals surface area contributed by atoms with Gasteiger partial charge in [-0.2, -0.15) is 13.2 Å². The number of para-hydroxylation sites is 2. The molecule has 0 saturated carbocycles. The molecular weight excluding hydrogens is 303 g/mol. The lowest BCUT2D eigenvalue weighted by atomic mass is 10.2. The number of benzene rings is 2. The summed E-state index contributed by atoms with van der Waals surface area (Å²) in [5, 5.41) is 3.55. The minimum Gasteiger partial charge on any atom is -0.491 e. The molecule has 0 radical (unpaired) electrons. The first-order valence-corrected chi connectivity index (χ1v) is 6.63. The Balaban J connectivity index is 1.91. The van der Waals surface area contributed by atoms with Gasteiger partial charge in [-0.1, -0.05) is 35.9 Å². The number of hydrogen-bond donors (Lipinski definition) is 1. The van der Waals surface area contributed by atoms with E-state index in [-0.39, 0.29) is 12.4 Å². The highest BCUT2D eigenvalue weighted by atomic mass is 35.5. The lowest BCUT2D eigenvalue weighted by Crippen LogP contribution is -2.14. The third kappa shape index (κ3) is 4.29. The number of alkyl halides is 3. The molecule has 0 aliphatic heterocycles. The number of hydrogen-bond acceptors (Lipinski definition) is 2. The predicted octanol–water partition coefficient (Wildman–Crippen LogP) is 4.85. The van der Waals surface area contributed by atoms with Gasteiger partial charge in [0.05, 0.1) is 16.3 Å². The highest BCUT2D eigenvalue weighted by Gasteiger charge is 2.33. The van der Waals surface area contributed by atoms with Crippen molar-refractivity contribution in [1.29, 1.82) is 0 Å². The monoisotopic (exact) mass is 315 g/mol. The molecule has 0 aliphatic carbocycles. The van der Waals surface area contributed by atoms with Crippen LogP contribution in [0.5, 0.6) is 5.75 Å². The van der Waals surface area contributed by atoms with Gasteiger partial charge in [-0.05, 0) is 24.3 Å². The Kier molecular flexibility index (Phi) is 4.96. The van der Waals surface area contributed by atoms with E-state index in [0.29, 0.717) is 17.3 Å². The first kappa shape index (κ1) is 15.5. The van der Waals surface area contributed by atoms with Crippen molar-refractivity contribution >= 4 is 17.3 Å². The predicted molar refractivity (Wildman–Crippen MR) is 76.9 cm³/mol. The maximum absolute atomic E-state index is 12.8. The molecule has 2 rings (SSSR count). The molecule has 0 bridgehead atoms. The fraction of sp³-hybridized carbons (Fsp3) is 0.200. The molecule has 0 heterocycles. The van der Waals surface area contributed by atoms with Crippen LogP contribution in [-0.2, 0) is 6.18 Å². The molecule has 1 N–H and O–H groups in total. The van der Waals surface area contributed by atoms with Gasteiger partial charge in [0, 0.05) is 6.54 Å². The maximum atomic E-state index is 12.8. The van der Waals surface area contributed by atoms with Crippen LogP contribution < -0.4 is 10.1 Å². The summed E-state index contributed by atoms with van der Waals surface area (Å²) in [7, 11) is 0. The Morgan fingerprint density at radius 2 is 1.67 bits per heavy atom. The normalized spacial score (nSPS) is 11.2. The zero-order valence-corrected chi connectivity index (χ0v) is 11.7. The molecule has 0 aromatic heterocycles. The zero-order valence-electron chi connectivity index (χ0n) is 11.0. The van der Waals surface area contributed by atoms with Crippen LogP contribution in [0.15, 0.2) is 48.5 Å². The molecule has 112 valence electrons. The molecule has 0 fully saturated rings. The van der Waals surface area contributed by atoms with Gasteiger partial charge < -0.3 is 10.1 Å². The van der Waals surface area contributed by atoms with E-state index in [9.17, 15) is 13.2 Å². The summed E-state index contributed by atoms with van der Waals surface area (Å²) in [5.74, 6) is -0.175. The molecular formula is C15H13ClF3NO. The number of anilines is 1. The molecule has 2 aromatic rings. The summed E-state index contributed by atoms with van der Waals surface area (Å²) < 4.78 is 43.5. The average Bonchev–Trinajstić information content (AvgIpc) is 2.45. The SMILES string of the molecule is FC(F)(F)c1ccccc1OCCNc1ccccc1Cl. The van der Waals surface area contributed by atoms with Crippen molar-refractivity contribution in [2.75, 3.05) is 18.5 Å². The van der Waals surface area contributed by atoms with Gasteiger partial charge in [-0.15, -0.1) is 0 Å². The number of halogens is 4.